The van der Waals surface area contributed by atoms with Crippen LogP contribution in [0.15, 0.2) is 12.3 Å². The Hall–Kier alpha value is -1.16. The Morgan fingerprint density at radius 1 is 1.18 bits per heavy atom. The van der Waals surface area contributed by atoms with Gasteiger partial charge in [0.1, 0.15) is 11.6 Å². The van der Waals surface area contributed by atoms with E-state index in [1.807, 2.05) is 0 Å². The molecule has 0 amide bonds. The van der Waals surface area contributed by atoms with Crippen LogP contribution in [0.3, 0.4) is 0 Å². The smallest absolute Gasteiger partial charge is 0.142 e. The lowest BCUT2D eigenvalue weighted by Gasteiger charge is -2.27. The van der Waals surface area contributed by atoms with Crippen LogP contribution in [-0.2, 0) is 6.61 Å². The molecule has 1 aliphatic heterocycles. The monoisotopic (exact) mass is 238 g/mol. The molecule has 0 radical (unpaired) electrons. The van der Waals surface area contributed by atoms with Crippen molar-refractivity contribution in [3.63, 3.8) is 0 Å². The standard InChI is InChI=1S/C13H19FN2O/c14-12-8-11(10-17)13(15-9-12)16-6-4-2-1-3-5-7-16/h8-9,17H,1-7,10H2. The minimum atomic E-state index is -0.384. The molecular weight excluding hydrogens is 219 g/mol. The second-order valence-corrected chi connectivity index (χ2v) is 4.55. The first-order chi connectivity index (χ1) is 8.31. The molecule has 1 aromatic rings. The molecule has 0 atom stereocenters. The molecule has 0 spiro atoms. The molecular formula is C13H19FN2O. The van der Waals surface area contributed by atoms with Crippen LogP contribution in [0.25, 0.3) is 0 Å². The second-order valence-electron chi connectivity index (χ2n) is 4.55. The molecule has 1 saturated heterocycles. The highest BCUT2D eigenvalue weighted by Gasteiger charge is 2.14. The molecule has 2 heterocycles. The average Bonchev–Trinajstić information content (AvgIpc) is 2.29. The third-order valence-electron chi connectivity index (χ3n) is 3.24. The van der Waals surface area contributed by atoms with E-state index in [9.17, 15) is 9.50 Å². The van der Waals surface area contributed by atoms with Crippen molar-refractivity contribution < 1.29 is 9.50 Å². The summed E-state index contributed by atoms with van der Waals surface area (Å²) in [4.78, 5) is 6.31. The zero-order valence-corrected chi connectivity index (χ0v) is 10.0. The molecule has 1 aromatic heterocycles. The van der Waals surface area contributed by atoms with Gasteiger partial charge in [0, 0.05) is 18.7 Å². The third kappa shape index (κ3) is 3.16. The number of aliphatic hydroxyl groups excluding tert-OH is 1. The SMILES string of the molecule is OCc1cc(F)cnc1N1CCCCCCC1. The molecule has 0 unspecified atom stereocenters. The lowest BCUT2D eigenvalue weighted by Crippen LogP contribution is -2.29. The quantitative estimate of drug-likeness (QED) is 0.860. The van der Waals surface area contributed by atoms with Crippen LogP contribution in [0.5, 0.6) is 0 Å². The molecule has 1 N–H and O–H groups in total. The van der Waals surface area contributed by atoms with Gasteiger partial charge in [-0.05, 0) is 18.9 Å². The summed E-state index contributed by atoms with van der Waals surface area (Å²) in [5.74, 6) is 0.362. The molecule has 1 fully saturated rings. The predicted octanol–water partition coefficient (Wildman–Crippen LogP) is 2.48. The van der Waals surface area contributed by atoms with Gasteiger partial charge >= 0.3 is 0 Å². The lowest BCUT2D eigenvalue weighted by atomic mass is 10.1. The van der Waals surface area contributed by atoms with Gasteiger partial charge in [0.15, 0.2) is 0 Å². The number of pyridine rings is 1. The van der Waals surface area contributed by atoms with Gasteiger partial charge in [-0.2, -0.15) is 0 Å². The molecule has 0 aromatic carbocycles. The fraction of sp³-hybridized carbons (Fsp3) is 0.615. The highest BCUT2D eigenvalue weighted by Crippen LogP contribution is 2.21. The zero-order chi connectivity index (χ0) is 12.1. The van der Waals surface area contributed by atoms with Crippen molar-refractivity contribution in [2.24, 2.45) is 0 Å². The minimum Gasteiger partial charge on any atom is -0.392 e. The Bertz CT molecular complexity index is 362. The van der Waals surface area contributed by atoms with Gasteiger partial charge in [0.2, 0.25) is 0 Å². The van der Waals surface area contributed by atoms with E-state index in [-0.39, 0.29) is 12.4 Å². The Morgan fingerprint density at radius 3 is 2.47 bits per heavy atom. The molecule has 0 bridgehead atoms. The number of aromatic nitrogens is 1. The number of anilines is 1. The van der Waals surface area contributed by atoms with Crippen molar-refractivity contribution in [3.8, 4) is 0 Å². The highest BCUT2D eigenvalue weighted by molar-refractivity contribution is 5.46. The van der Waals surface area contributed by atoms with E-state index < -0.39 is 0 Å². The van der Waals surface area contributed by atoms with Gasteiger partial charge in [0.05, 0.1) is 12.8 Å². The predicted molar refractivity (Wildman–Crippen MR) is 65.4 cm³/mol. The first kappa shape index (κ1) is 12.3. The maximum atomic E-state index is 13.1. The molecule has 2 rings (SSSR count). The van der Waals surface area contributed by atoms with Gasteiger partial charge in [-0.1, -0.05) is 19.3 Å². The summed E-state index contributed by atoms with van der Waals surface area (Å²) in [6.07, 6.45) is 7.30. The van der Waals surface area contributed by atoms with Crippen molar-refractivity contribution >= 4 is 5.82 Å². The fourth-order valence-corrected chi connectivity index (χ4v) is 2.33. The normalized spacial score (nSPS) is 17.6. The van der Waals surface area contributed by atoms with Crippen LogP contribution in [0.1, 0.15) is 37.7 Å². The van der Waals surface area contributed by atoms with Crippen LogP contribution in [0.2, 0.25) is 0 Å². The fourth-order valence-electron chi connectivity index (χ4n) is 2.33. The van der Waals surface area contributed by atoms with E-state index in [0.717, 1.165) is 31.7 Å². The summed E-state index contributed by atoms with van der Waals surface area (Å²) >= 11 is 0. The summed E-state index contributed by atoms with van der Waals surface area (Å²) in [6.45, 7) is 1.74. The van der Waals surface area contributed by atoms with Crippen LogP contribution >= 0.6 is 0 Å². The van der Waals surface area contributed by atoms with E-state index in [1.54, 1.807) is 0 Å². The van der Waals surface area contributed by atoms with E-state index in [0.29, 0.717) is 5.56 Å². The summed E-state index contributed by atoms with van der Waals surface area (Å²) in [5.41, 5.74) is 0.588. The lowest BCUT2D eigenvalue weighted by molar-refractivity contribution is 0.280. The van der Waals surface area contributed by atoms with Gasteiger partial charge in [0.25, 0.3) is 0 Å². The second kappa shape index (κ2) is 5.96. The number of rotatable bonds is 2. The number of hydrogen-bond donors (Lipinski definition) is 1. The minimum absolute atomic E-state index is 0.156. The van der Waals surface area contributed by atoms with Crippen molar-refractivity contribution in [3.05, 3.63) is 23.6 Å². The molecule has 94 valence electrons. The summed E-state index contributed by atoms with van der Waals surface area (Å²) in [5, 5.41) is 9.27. The topological polar surface area (TPSA) is 36.4 Å². The van der Waals surface area contributed by atoms with Crippen LogP contribution < -0.4 is 4.90 Å². The van der Waals surface area contributed by atoms with E-state index in [4.69, 9.17) is 0 Å². The summed E-state index contributed by atoms with van der Waals surface area (Å²) < 4.78 is 13.1. The van der Waals surface area contributed by atoms with Crippen molar-refractivity contribution in [2.45, 2.75) is 38.7 Å². The van der Waals surface area contributed by atoms with Crippen LogP contribution in [0.4, 0.5) is 10.2 Å². The highest BCUT2D eigenvalue weighted by atomic mass is 19.1. The largest absolute Gasteiger partial charge is 0.392 e. The Morgan fingerprint density at radius 2 is 1.82 bits per heavy atom. The number of nitrogens with zero attached hydrogens (tertiary/aromatic N) is 2. The first-order valence-electron chi connectivity index (χ1n) is 6.31. The first-order valence-corrected chi connectivity index (χ1v) is 6.31. The Kier molecular flexibility index (Phi) is 4.31. The molecule has 4 heteroatoms. The van der Waals surface area contributed by atoms with E-state index >= 15 is 0 Å². The van der Waals surface area contributed by atoms with E-state index in [2.05, 4.69) is 9.88 Å². The average molecular weight is 238 g/mol. The van der Waals surface area contributed by atoms with Crippen molar-refractivity contribution in [1.29, 1.82) is 0 Å². The Labute approximate surface area is 101 Å². The maximum Gasteiger partial charge on any atom is 0.142 e. The van der Waals surface area contributed by atoms with Crippen LogP contribution in [-0.4, -0.2) is 23.2 Å². The number of hydrogen-bond acceptors (Lipinski definition) is 3. The molecule has 17 heavy (non-hydrogen) atoms. The van der Waals surface area contributed by atoms with Crippen LogP contribution in [0, 0.1) is 5.82 Å². The summed E-state index contributed by atoms with van der Waals surface area (Å²) in [6, 6.07) is 1.38. The summed E-state index contributed by atoms with van der Waals surface area (Å²) in [7, 11) is 0. The van der Waals surface area contributed by atoms with Crippen molar-refractivity contribution in [1.82, 2.24) is 4.98 Å². The van der Waals surface area contributed by atoms with Gasteiger partial charge in [-0.3, -0.25) is 0 Å². The number of halogens is 1. The maximum absolute atomic E-state index is 13.1. The number of aliphatic hydroxyl groups is 1. The Balaban J connectivity index is 2.18. The van der Waals surface area contributed by atoms with E-state index in [1.165, 1.54) is 31.5 Å². The molecule has 3 nitrogen and oxygen atoms in total. The molecule has 1 aliphatic rings. The van der Waals surface area contributed by atoms with Gasteiger partial charge in [-0.25, -0.2) is 9.37 Å². The zero-order valence-electron chi connectivity index (χ0n) is 10.0. The molecule has 0 aliphatic carbocycles. The molecule has 0 saturated carbocycles. The third-order valence-corrected chi connectivity index (χ3v) is 3.24. The van der Waals surface area contributed by atoms with Gasteiger partial charge < -0.3 is 10.0 Å². The van der Waals surface area contributed by atoms with Gasteiger partial charge in [-0.15, -0.1) is 0 Å². The van der Waals surface area contributed by atoms with Crippen molar-refractivity contribution in [2.75, 3.05) is 18.0 Å².